The Labute approximate surface area is 91.5 Å². The molecule has 0 saturated carbocycles. The molecule has 3 nitrogen and oxygen atoms in total. The first-order chi connectivity index (χ1) is 7.49. The Balaban J connectivity index is 2.16. The van der Waals surface area contributed by atoms with Crippen molar-refractivity contribution < 1.29 is 18.7 Å². The van der Waals surface area contributed by atoms with Gasteiger partial charge < -0.3 is 10.1 Å². The molecule has 0 aliphatic heterocycles. The van der Waals surface area contributed by atoms with Crippen molar-refractivity contribution in [3.8, 4) is 0 Å². The molecule has 2 rings (SSSR count). The molecule has 0 aromatic carbocycles. The Morgan fingerprint density at radius 1 is 1.44 bits per heavy atom. The third-order valence-electron chi connectivity index (χ3n) is 2.90. The van der Waals surface area contributed by atoms with Gasteiger partial charge in [0.1, 0.15) is 0 Å². The fourth-order valence-corrected chi connectivity index (χ4v) is 2.08. The Bertz CT molecular complexity index is 389. The molecule has 88 valence electrons. The number of aromatic nitrogens is 1. The summed E-state index contributed by atoms with van der Waals surface area (Å²) in [7, 11) is 0. The van der Waals surface area contributed by atoms with Gasteiger partial charge in [-0.25, -0.2) is 4.79 Å². The van der Waals surface area contributed by atoms with Crippen molar-refractivity contribution in [2.45, 2.75) is 38.0 Å². The fourth-order valence-electron chi connectivity index (χ4n) is 2.08. The number of aliphatic carboxylic acids is 1. The highest BCUT2D eigenvalue weighted by Gasteiger charge is 2.39. The standard InChI is InChI=1S/C11H13F2NO2/c12-11(13,10(15)16)6-8-5-7-3-1-2-4-9(7)14-8/h5,14H,1-4,6H2,(H,15,16). The van der Waals surface area contributed by atoms with Gasteiger partial charge >= 0.3 is 11.9 Å². The van der Waals surface area contributed by atoms with E-state index >= 15 is 0 Å². The number of hydrogen-bond acceptors (Lipinski definition) is 1. The highest BCUT2D eigenvalue weighted by molar-refractivity contribution is 5.75. The van der Waals surface area contributed by atoms with Crippen LogP contribution in [0.2, 0.25) is 0 Å². The predicted octanol–water partition coefficient (Wildman–Crippen LogP) is 2.16. The van der Waals surface area contributed by atoms with Gasteiger partial charge in [-0.2, -0.15) is 8.78 Å². The van der Waals surface area contributed by atoms with E-state index in [0.717, 1.165) is 36.9 Å². The third-order valence-corrected chi connectivity index (χ3v) is 2.90. The summed E-state index contributed by atoms with van der Waals surface area (Å²) in [5, 5.41) is 8.34. The molecule has 1 aliphatic rings. The maximum absolute atomic E-state index is 13.0. The van der Waals surface area contributed by atoms with E-state index in [0.29, 0.717) is 5.69 Å². The molecule has 0 fully saturated rings. The molecular weight excluding hydrogens is 216 g/mol. The largest absolute Gasteiger partial charge is 0.477 e. The average Bonchev–Trinajstić information content (AvgIpc) is 2.58. The smallest absolute Gasteiger partial charge is 0.374 e. The van der Waals surface area contributed by atoms with Crippen molar-refractivity contribution in [3.63, 3.8) is 0 Å². The lowest BCUT2D eigenvalue weighted by molar-refractivity contribution is -0.164. The molecule has 5 heteroatoms. The van der Waals surface area contributed by atoms with Gasteiger partial charge in [-0.15, -0.1) is 0 Å². The first-order valence-electron chi connectivity index (χ1n) is 5.30. The second-order valence-electron chi connectivity index (χ2n) is 4.19. The number of aryl methyl sites for hydroxylation is 2. The molecule has 0 saturated heterocycles. The van der Waals surface area contributed by atoms with E-state index in [1.807, 2.05) is 0 Å². The van der Waals surface area contributed by atoms with Crippen molar-refractivity contribution in [2.24, 2.45) is 0 Å². The normalized spacial score (nSPS) is 15.9. The minimum atomic E-state index is -3.69. The van der Waals surface area contributed by atoms with Gasteiger partial charge in [-0.05, 0) is 37.3 Å². The second kappa shape index (κ2) is 3.88. The van der Waals surface area contributed by atoms with Crippen molar-refractivity contribution in [1.82, 2.24) is 4.98 Å². The number of rotatable bonds is 3. The van der Waals surface area contributed by atoms with Gasteiger partial charge in [-0.3, -0.25) is 0 Å². The van der Waals surface area contributed by atoms with Gasteiger partial charge in [-0.1, -0.05) is 0 Å². The minimum absolute atomic E-state index is 0.319. The van der Waals surface area contributed by atoms with Gasteiger partial charge in [0.05, 0.1) is 6.42 Å². The maximum atomic E-state index is 13.0. The summed E-state index contributed by atoms with van der Waals surface area (Å²) in [6.07, 6.45) is 3.13. The molecule has 0 atom stereocenters. The van der Waals surface area contributed by atoms with E-state index in [2.05, 4.69) is 4.98 Å². The van der Waals surface area contributed by atoms with Crippen LogP contribution in [-0.4, -0.2) is 22.0 Å². The first kappa shape index (κ1) is 11.1. The van der Waals surface area contributed by atoms with E-state index in [1.54, 1.807) is 6.07 Å². The lowest BCUT2D eigenvalue weighted by atomic mass is 9.98. The SMILES string of the molecule is O=C(O)C(F)(F)Cc1cc2c([nH]1)CCCC2. The maximum Gasteiger partial charge on any atom is 0.374 e. The summed E-state index contributed by atoms with van der Waals surface area (Å²) in [5.74, 6) is -5.76. The Morgan fingerprint density at radius 3 is 2.75 bits per heavy atom. The summed E-state index contributed by atoms with van der Waals surface area (Å²) in [6.45, 7) is 0. The number of carboxylic acid groups (broad SMARTS) is 1. The molecule has 2 N–H and O–H groups in total. The number of hydrogen-bond donors (Lipinski definition) is 2. The Morgan fingerprint density at radius 2 is 2.12 bits per heavy atom. The lowest BCUT2D eigenvalue weighted by Gasteiger charge is -2.09. The second-order valence-corrected chi connectivity index (χ2v) is 4.19. The van der Waals surface area contributed by atoms with Crippen molar-refractivity contribution in [1.29, 1.82) is 0 Å². The number of H-pyrrole nitrogens is 1. The summed E-state index contributed by atoms with van der Waals surface area (Å²) in [6, 6.07) is 1.67. The zero-order valence-electron chi connectivity index (χ0n) is 8.72. The molecule has 0 spiro atoms. The highest BCUT2D eigenvalue weighted by atomic mass is 19.3. The summed E-state index contributed by atoms with van der Waals surface area (Å²) in [4.78, 5) is 13.2. The number of halogens is 2. The van der Waals surface area contributed by atoms with Crippen LogP contribution in [0.25, 0.3) is 0 Å². The van der Waals surface area contributed by atoms with E-state index in [9.17, 15) is 13.6 Å². The van der Waals surface area contributed by atoms with Crippen LogP contribution in [0.15, 0.2) is 6.07 Å². The molecule has 1 aromatic rings. The van der Waals surface area contributed by atoms with Gasteiger partial charge in [0, 0.05) is 11.4 Å². The zero-order valence-corrected chi connectivity index (χ0v) is 8.72. The average molecular weight is 229 g/mol. The quantitative estimate of drug-likeness (QED) is 0.834. The summed E-state index contributed by atoms with van der Waals surface area (Å²) in [5.41, 5.74) is 2.36. The van der Waals surface area contributed by atoms with Crippen molar-refractivity contribution >= 4 is 5.97 Å². The van der Waals surface area contributed by atoms with Gasteiger partial charge in [0.15, 0.2) is 0 Å². The topological polar surface area (TPSA) is 53.1 Å². The van der Waals surface area contributed by atoms with E-state index < -0.39 is 18.3 Å². The highest BCUT2D eigenvalue weighted by Crippen LogP contribution is 2.25. The Kier molecular flexibility index (Phi) is 2.69. The molecule has 0 radical (unpaired) electrons. The molecule has 16 heavy (non-hydrogen) atoms. The molecule has 0 bridgehead atoms. The Hall–Kier alpha value is -1.39. The van der Waals surface area contributed by atoms with Crippen molar-refractivity contribution in [3.05, 3.63) is 23.0 Å². The zero-order chi connectivity index (χ0) is 11.8. The third kappa shape index (κ3) is 2.08. The van der Waals surface area contributed by atoms with Crippen LogP contribution in [0.1, 0.15) is 29.8 Å². The van der Waals surface area contributed by atoms with Gasteiger partial charge in [0.25, 0.3) is 0 Å². The monoisotopic (exact) mass is 229 g/mol. The van der Waals surface area contributed by atoms with E-state index in [1.165, 1.54) is 0 Å². The van der Waals surface area contributed by atoms with Crippen LogP contribution in [0.3, 0.4) is 0 Å². The molecule has 0 unspecified atom stereocenters. The molecule has 1 aromatic heterocycles. The van der Waals surface area contributed by atoms with Gasteiger partial charge in [0.2, 0.25) is 0 Å². The van der Waals surface area contributed by atoms with Crippen molar-refractivity contribution in [2.75, 3.05) is 0 Å². The van der Waals surface area contributed by atoms with Crippen LogP contribution in [-0.2, 0) is 24.1 Å². The minimum Gasteiger partial charge on any atom is -0.477 e. The predicted molar refractivity (Wildman–Crippen MR) is 53.7 cm³/mol. The molecule has 0 amide bonds. The van der Waals surface area contributed by atoms with Crippen LogP contribution in [0, 0.1) is 0 Å². The molecule has 1 aliphatic carbocycles. The van der Waals surface area contributed by atoms with E-state index in [4.69, 9.17) is 5.11 Å². The summed E-state index contributed by atoms with van der Waals surface area (Å²) >= 11 is 0. The number of carboxylic acids is 1. The first-order valence-corrected chi connectivity index (χ1v) is 5.30. The van der Waals surface area contributed by atoms with Crippen LogP contribution in [0.5, 0.6) is 0 Å². The molecular formula is C11H13F2NO2. The number of fused-ring (bicyclic) bond motifs is 1. The lowest BCUT2D eigenvalue weighted by Crippen LogP contribution is -2.30. The molecule has 1 heterocycles. The number of alkyl halides is 2. The van der Waals surface area contributed by atoms with Crippen LogP contribution in [0.4, 0.5) is 8.78 Å². The number of aromatic amines is 1. The number of nitrogens with one attached hydrogen (secondary N) is 1. The number of carbonyl (C=O) groups is 1. The van der Waals surface area contributed by atoms with Crippen LogP contribution >= 0.6 is 0 Å². The summed E-state index contributed by atoms with van der Waals surface area (Å²) < 4.78 is 26.0. The fraction of sp³-hybridized carbons (Fsp3) is 0.545. The van der Waals surface area contributed by atoms with E-state index in [-0.39, 0.29) is 0 Å². The van der Waals surface area contributed by atoms with Crippen LogP contribution < -0.4 is 0 Å².